The van der Waals surface area contributed by atoms with E-state index in [9.17, 15) is 25.0 Å². The number of esters is 1. The molecule has 0 aromatic heterocycles. The normalized spacial score (nSPS) is 10.3. The first kappa shape index (κ1) is 21.6. The van der Waals surface area contributed by atoms with Crippen LogP contribution >= 0.6 is 0 Å². The zero-order valence-corrected chi connectivity index (χ0v) is 15.9. The molecule has 11 heteroatoms. The molecule has 2 aromatic carbocycles. The van der Waals surface area contributed by atoms with Crippen molar-refractivity contribution in [2.45, 2.75) is 6.92 Å². The number of methoxy groups -OCH3 is 2. The highest BCUT2D eigenvalue weighted by Crippen LogP contribution is 2.35. The van der Waals surface area contributed by atoms with Crippen LogP contribution in [0.25, 0.3) is 0 Å². The molecule has 2 rings (SSSR count). The summed E-state index contributed by atoms with van der Waals surface area (Å²) >= 11 is 0. The predicted octanol–water partition coefficient (Wildman–Crippen LogP) is 3.06. The van der Waals surface area contributed by atoms with E-state index < -0.39 is 21.5 Å². The van der Waals surface area contributed by atoms with Crippen LogP contribution in [-0.2, 0) is 4.74 Å². The Morgan fingerprint density at radius 3 is 2.21 bits per heavy atom. The number of benzene rings is 2. The van der Waals surface area contributed by atoms with Crippen LogP contribution in [0.5, 0.6) is 17.2 Å². The summed E-state index contributed by atoms with van der Waals surface area (Å²) in [7, 11) is 2.79. The maximum absolute atomic E-state index is 12.5. The van der Waals surface area contributed by atoms with Crippen LogP contribution in [0.2, 0.25) is 0 Å². The lowest BCUT2D eigenvalue weighted by Gasteiger charge is -2.12. The smallest absolute Gasteiger partial charge is 0.350 e. The van der Waals surface area contributed by atoms with Crippen molar-refractivity contribution >= 4 is 17.3 Å². The summed E-state index contributed by atoms with van der Waals surface area (Å²) in [5.41, 5.74) is -0.770. The lowest BCUT2D eigenvalue weighted by molar-refractivity contribution is -0.385. The molecule has 11 nitrogen and oxygen atoms in total. The molecule has 0 unspecified atom stereocenters. The highest BCUT2D eigenvalue weighted by Gasteiger charge is 2.26. The Kier molecular flexibility index (Phi) is 7.04. The second-order valence-corrected chi connectivity index (χ2v) is 5.71. The molecule has 154 valence electrons. The van der Waals surface area contributed by atoms with Gasteiger partial charge in [0, 0.05) is 24.8 Å². The average molecular weight is 406 g/mol. The van der Waals surface area contributed by atoms with Gasteiger partial charge in [0.2, 0.25) is 0 Å². The van der Waals surface area contributed by atoms with Gasteiger partial charge in [0.05, 0.1) is 29.6 Å². The van der Waals surface area contributed by atoms with E-state index in [1.807, 2.05) is 0 Å². The molecular weight excluding hydrogens is 388 g/mol. The highest BCUT2D eigenvalue weighted by atomic mass is 16.6. The van der Waals surface area contributed by atoms with Crippen molar-refractivity contribution in [3.8, 4) is 17.2 Å². The predicted molar refractivity (Wildman–Crippen MR) is 99.8 cm³/mol. The van der Waals surface area contributed by atoms with Gasteiger partial charge < -0.3 is 18.9 Å². The van der Waals surface area contributed by atoms with Gasteiger partial charge in [-0.05, 0) is 19.1 Å². The van der Waals surface area contributed by atoms with Crippen LogP contribution in [0.15, 0.2) is 30.3 Å². The summed E-state index contributed by atoms with van der Waals surface area (Å²) in [6, 6.07) is 5.91. The molecule has 0 atom stereocenters. The van der Waals surface area contributed by atoms with E-state index in [2.05, 4.69) is 0 Å². The molecule has 0 saturated carbocycles. The summed E-state index contributed by atoms with van der Waals surface area (Å²) in [5, 5.41) is 22.3. The van der Waals surface area contributed by atoms with E-state index in [-0.39, 0.29) is 47.3 Å². The SMILES string of the molecule is COCCOc1cc([N+](=O)[O-])c(C(=O)Oc2ccc([N+](=O)[O-])c(C)c2)cc1OC. The molecule has 0 spiro atoms. The van der Waals surface area contributed by atoms with E-state index in [4.69, 9.17) is 18.9 Å². The Hall–Kier alpha value is -3.73. The van der Waals surface area contributed by atoms with Gasteiger partial charge in [-0.15, -0.1) is 0 Å². The van der Waals surface area contributed by atoms with Crippen molar-refractivity contribution in [1.82, 2.24) is 0 Å². The first-order valence-electron chi connectivity index (χ1n) is 8.23. The van der Waals surface area contributed by atoms with Crippen molar-refractivity contribution in [2.24, 2.45) is 0 Å². The average Bonchev–Trinajstić information content (AvgIpc) is 2.67. The van der Waals surface area contributed by atoms with Gasteiger partial charge in [0.25, 0.3) is 11.4 Å². The molecule has 0 aliphatic heterocycles. The number of rotatable bonds is 9. The Balaban J connectivity index is 2.36. The molecule has 0 fully saturated rings. The molecule has 0 heterocycles. The lowest BCUT2D eigenvalue weighted by atomic mass is 10.1. The largest absolute Gasteiger partial charge is 0.493 e. The van der Waals surface area contributed by atoms with Crippen LogP contribution in [0.3, 0.4) is 0 Å². The molecule has 0 radical (unpaired) electrons. The fourth-order valence-corrected chi connectivity index (χ4v) is 2.43. The second kappa shape index (κ2) is 9.46. The maximum atomic E-state index is 12.5. The number of carbonyl (C=O) groups excluding carboxylic acids is 1. The number of nitrogens with zero attached hydrogens (tertiary/aromatic N) is 2. The summed E-state index contributed by atoms with van der Waals surface area (Å²) in [6.07, 6.45) is 0. The highest BCUT2D eigenvalue weighted by molar-refractivity contribution is 5.96. The monoisotopic (exact) mass is 406 g/mol. The molecule has 0 bridgehead atoms. The number of hydrogen-bond donors (Lipinski definition) is 0. The van der Waals surface area contributed by atoms with E-state index >= 15 is 0 Å². The number of ether oxygens (including phenoxy) is 4. The van der Waals surface area contributed by atoms with Gasteiger partial charge >= 0.3 is 5.97 Å². The first-order chi connectivity index (χ1) is 13.8. The molecule has 0 N–H and O–H groups in total. The van der Waals surface area contributed by atoms with Crippen LogP contribution in [-0.4, -0.2) is 43.2 Å². The van der Waals surface area contributed by atoms with E-state index in [1.165, 1.54) is 39.3 Å². The van der Waals surface area contributed by atoms with Gasteiger partial charge in [0.1, 0.15) is 17.9 Å². The van der Waals surface area contributed by atoms with Crippen molar-refractivity contribution in [3.05, 3.63) is 61.7 Å². The lowest BCUT2D eigenvalue weighted by Crippen LogP contribution is -2.13. The van der Waals surface area contributed by atoms with E-state index in [0.29, 0.717) is 0 Å². The third-order valence-electron chi connectivity index (χ3n) is 3.82. The number of hydrogen-bond acceptors (Lipinski definition) is 9. The van der Waals surface area contributed by atoms with Crippen LogP contribution in [0.4, 0.5) is 11.4 Å². The quantitative estimate of drug-likeness (QED) is 0.202. The zero-order valence-electron chi connectivity index (χ0n) is 15.9. The van der Waals surface area contributed by atoms with Gasteiger partial charge in [0.15, 0.2) is 11.5 Å². The molecular formula is C18H18N2O9. The standard InChI is InChI=1S/C18H18N2O9/c1-11-8-12(4-5-14(11)19(22)23)29-18(21)13-9-16(27-3)17(28-7-6-26-2)10-15(13)20(24)25/h4-5,8-10H,6-7H2,1-3H3. The topological polar surface area (TPSA) is 140 Å². The zero-order chi connectivity index (χ0) is 21.6. The molecule has 29 heavy (non-hydrogen) atoms. The minimum absolute atomic E-state index is 0.00628. The molecule has 0 saturated heterocycles. The van der Waals surface area contributed by atoms with Crippen LogP contribution in [0, 0.1) is 27.2 Å². The fourth-order valence-electron chi connectivity index (χ4n) is 2.43. The van der Waals surface area contributed by atoms with Crippen LogP contribution in [0.1, 0.15) is 15.9 Å². The second-order valence-electron chi connectivity index (χ2n) is 5.71. The molecule has 0 aliphatic carbocycles. The third kappa shape index (κ3) is 5.17. The maximum Gasteiger partial charge on any atom is 0.350 e. The van der Waals surface area contributed by atoms with Gasteiger partial charge in [-0.3, -0.25) is 20.2 Å². The van der Waals surface area contributed by atoms with Gasteiger partial charge in [-0.2, -0.15) is 0 Å². The Morgan fingerprint density at radius 2 is 1.66 bits per heavy atom. The van der Waals surface area contributed by atoms with Crippen molar-refractivity contribution in [1.29, 1.82) is 0 Å². The number of carbonyl (C=O) groups is 1. The van der Waals surface area contributed by atoms with Gasteiger partial charge in [-0.1, -0.05) is 0 Å². The number of nitro benzene ring substituents is 2. The number of aryl methyl sites for hydroxylation is 1. The third-order valence-corrected chi connectivity index (χ3v) is 3.82. The summed E-state index contributed by atoms with van der Waals surface area (Å²) in [5.74, 6) is -0.851. The Bertz CT molecular complexity index is 943. The summed E-state index contributed by atoms with van der Waals surface area (Å²) < 4.78 is 20.6. The fraction of sp³-hybridized carbons (Fsp3) is 0.278. The van der Waals surface area contributed by atoms with Crippen molar-refractivity contribution in [3.63, 3.8) is 0 Å². The minimum atomic E-state index is -1.02. The van der Waals surface area contributed by atoms with Gasteiger partial charge in [-0.25, -0.2) is 4.79 Å². The Labute approximate surface area is 165 Å². The van der Waals surface area contributed by atoms with Crippen molar-refractivity contribution in [2.75, 3.05) is 27.4 Å². The molecule has 0 aliphatic rings. The van der Waals surface area contributed by atoms with Crippen LogP contribution < -0.4 is 14.2 Å². The van der Waals surface area contributed by atoms with E-state index in [1.54, 1.807) is 0 Å². The van der Waals surface area contributed by atoms with Crippen molar-refractivity contribution < 1.29 is 33.6 Å². The molecule has 0 amide bonds. The van der Waals surface area contributed by atoms with E-state index in [0.717, 1.165) is 12.1 Å². The number of nitro groups is 2. The minimum Gasteiger partial charge on any atom is -0.493 e. The molecule has 2 aromatic rings. The summed E-state index contributed by atoms with van der Waals surface area (Å²) in [6.45, 7) is 1.85. The Morgan fingerprint density at radius 1 is 0.966 bits per heavy atom. The summed E-state index contributed by atoms with van der Waals surface area (Å²) in [4.78, 5) is 33.5. The first-order valence-corrected chi connectivity index (χ1v) is 8.23.